The van der Waals surface area contributed by atoms with Crippen molar-refractivity contribution in [2.75, 3.05) is 11.9 Å². The van der Waals surface area contributed by atoms with Gasteiger partial charge < -0.3 is 10.4 Å². The molecule has 0 aliphatic heterocycles. The van der Waals surface area contributed by atoms with E-state index in [0.717, 1.165) is 24.2 Å². The Kier molecular flexibility index (Phi) is 3.61. The van der Waals surface area contributed by atoms with E-state index >= 15 is 0 Å². The van der Waals surface area contributed by atoms with Gasteiger partial charge in [-0.2, -0.15) is 0 Å². The van der Waals surface area contributed by atoms with Crippen LogP contribution in [0.3, 0.4) is 0 Å². The second kappa shape index (κ2) is 5.38. The van der Waals surface area contributed by atoms with Crippen LogP contribution >= 0.6 is 0 Å². The summed E-state index contributed by atoms with van der Waals surface area (Å²) in [6, 6.07) is 9.00. The van der Waals surface area contributed by atoms with Crippen LogP contribution in [0.2, 0.25) is 0 Å². The molecule has 4 atom stereocenters. The van der Waals surface area contributed by atoms with Gasteiger partial charge in [-0.3, -0.25) is 0 Å². The summed E-state index contributed by atoms with van der Waals surface area (Å²) in [5, 5.41) is 12.6. The summed E-state index contributed by atoms with van der Waals surface area (Å²) in [4.78, 5) is 0. The predicted molar refractivity (Wildman–Crippen MR) is 79.2 cm³/mol. The lowest BCUT2D eigenvalue weighted by Crippen LogP contribution is -2.28. The molecule has 1 saturated carbocycles. The molecule has 2 nitrogen and oxygen atoms in total. The minimum Gasteiger partial charge on any atom is -0.396 e. The molecule has 0 amide bonds. The third-order valence-corrected chi connectivity index (χ3v) is 4.72. The van der Waals surface area contributed by atoms with Gasteiger partial charge in [-0.15, -0.1) is 0 Å². The fourth-order valence-electron chi connectivity index (χ4n) is 3.66. The Bertz CT molecular complexity index is 451. The van der Waals surface area contributed by atoms with Gasteiger partial charge in [0.05, 0.1) is 0 Å². The zero-order chi connectivity index (χ0) is 13.2. The summed E-state index contributed by atoms with van der Waals surface area (Å²) in [6.45, 7) is 2.53. The Hall–Kier alpha value is -1.28. The first kappa shape index (κ1) is 12.7. The zero-order valence-electron chi connectivity index (χ0n) is 11.5. The average Bonchev–Trinajstić information content (AvgIpc) is 3.04. The number of fused-ring (bicyclic) bond motifs is 2. The van der Waals surface area contributed by atoms with Crippen LogP contribution in [0.4, 0.5) is 5.69 Å². The molecule has 0 radical (unpaired) electrons. The molecule has 4 unspecified atom stereocenters. The Labute approximate surface area is 115 Å². The Balaban J connectivity index is 1.60. The van der Waals surface area contributed by atoms with Gasteiger partial charge in [0.15, 0.2) is 0 Å². The van der Waals surface area contributed by atoms with E-state index in [1.807, 2.05) is 0 Å². The zero-order valence-corrected chi connectivity index (χ0v) is 11.5. The van der Waals surface area contributed by atoms with Crippen molar-refractivity contribution in [1.82, 2.24) is 0 Å². The fraction of sp³-hybridized carbons (Fsp3) is 0.529. The molecule has 0 spiro atoms. The van der Waals surface area contributed by atoms with Gasteiger partial charge in [0.1, 0.15) is 0 Å². The molecule has 1 aromatic rings. The van der Waals surface area contributed by atoms with Crippen LogP contribution in [0.5, 0.6) is 0 Å². The van der Waals surface area contributed by atoms with Crippen LogP contribution in [-0.2, 0) is 6.42 Å². The monoisotopic (exact) mass is 257 g/mol. The fourth-order valence-corrected chi connectivity index (χ4v) is 3.66. The van der Waals surface area contributed by atoms with Crippen LogP contribution in [0, 0.1) is 17.8 Å². The van der Waals surface area contributed by atoms with Gasteiger partial charge >= 0.3 is 0 Å². The van der Waals surface area contributed by atoms with Crippen molar-refractivity contribution in [3.8, 4) is 0 Å². The van der Waals surface area contributed by atoms with Gasteiger partial charge in [-0.25, -0.2) is 0 Å². The Morgan fingerprint density at radius 3 is 2.58 bits per heavy atom. The quantitative estimate of drug-likeness (QED) is 0.794. The maximum atomic E-state index is 8.92. The molecule has 0 aromatic heterocycles. The molecule has 19 heavy (non-hydrogen) atoms. The highest BCUT2D eigenvalue weighted by Crippen LogP contribution is 2.45. The molecule has 2 N–H and O–H groups in total. The maximum absolute atomic E-state index is 8.92. The van der Waals surface area contributed by atoms with E-state index in [2.05, 4.69) is 48.7 Å². The van der Waals surface area contributed by atoms with Gasteiger partial charge in [0, 0.05) is 18.3 Å². The summed E-state index contributed by atoms with van der Waals surface area (Å²) in [6.07, 6.45) is 8.27. The first-order chi connectivity index (χ1) is 9.26. The van der Waals surface area contributed by atoms with Gasteiger partial charge in [-0.1, -0.05) is 24.3 Å². The van der Waals surface area contributed by atoms with Crippen molar-refractivity contribution in [3.05, 3.63) is 42.0 Å². The summed E-state index contributed by atoms with van der Waals surface area (Å²) in [7, 11) is 0. The topological polar surface area (TPSA) is 32.3 Å². The molecule has 2 bridgehead atoms. The molecule has 1 fully saturated rings. The van der Waals surface area contributed by atoms with E-state index in [9.17, 15) is 0 Å². The standard InChI is InChI=1S/C17H23NO/c1-12(17-11-14-2-5-15(17)10-14)18-16-6-3-13(4-7-16)8-9-19/h2-7,12,14-15,17-19H,8-11H2,1H3. The number of aliphatic hydroxyl groups is 1. The third kappa shape index (κ3) is 2.69. The summed E-state index contributed by atoms with van der Waals surface area (Å²) >= 11 is 0. The number of rotatable bonds is 5. The van der Waals surface area contributed by atoms with Gasteiger partial charge in [0.2, 0.25) is 0 Å². The summed E-state index contributed by atoms with van der Waals surface area (Å²) in [5.41, 5.74) is 2.39. The number of hydrogen-bond donors (Lipinski definition) is 2. The van der Waals surface area contributed by atoms with Crippen LogP contribution in [0.15, 0.2) is 36.4 Å². The minimum atomic E-state index is 0.223. The Morgan fingerprint density at radius 2 is 2.00 bits per heavy atom. The summed E-state index contributed by atoms with van der Waals surface area (Å²) < 4.78 is 0. The van der Waals surface area contributed by atoms with Crippen molar-refractivity contribution < 1.29 is 5.11 Å². The average molecular weight is 257 g/mol. The number of anilines is 1. The lowest BCUT2D eigenvalue weighted by Gasteiger charge is -2.27. The molecule has 2 heteroatoms. The molecule has 102 valence electrons. The smallest absolute Gasteiger partial charge is 0.0471 e. The highest BCUT2D eigenvalue weighted by Gasteiger charge is 2.38. The molecule has 0 heterocycles. The van der Waals surface area contributed by atoms with Crippen LogP contribution in [0.25, 0.3) is 0 Å². The molecule has 0 saturated heterocycles. The van der Waals surface area contributed by atoms with Crippen molar-refractivity contribution in [3.63, 3.8) is 0 Å². The van der Waals surface area contributed by atoms with E-state index in [1.165, 1.54) is 24.1 Å². The maximum Gasteiger partial charge on any atom is 0.0471 e. The lowest BCUT2D eigenvalue weighted by molar-refractivity contribution is 0.299. The second-order valence-corrected chi connectivity index (χ2v) is 6.05. The van der Waals surface area contributed by atoms with Crippen molar-refractivity contribution >= 4 is 5.69 Å². The number of allylic oxidation sites excluding steroid dienone is 2. The molecular formula is C17H23NO. The normalized spacial score (nSPS) is 29.7. The van der Waals surface area contributed by atoms with Crippen molar-refractivity contribution in [2.24, 2.45) is 17.8 Å². The molecule has 2 aliphatic carbocycles. The van der Waals surface area contributed by atoms with Crippen LogP contribution < -0.4 is 5.32 Å². The van der Waals surface area contributed by atoms with Gasteiger partial charge in [-0.05, 0) is 61.6 Å². The third-order valence-electron chi connectivity index (χ3n) is 4.72. The van der Waals surface area contributed by atoms with E-state index in [1.54, 1.807) is 0 Å². The number of aliphatic hydroxyl groups excluding tert-OH is 1. The molecular weight excluding hydrogens is 234 g/mol. The van der Waals surface area contributed by atoms with Crippen molar-refractivity contribution in [2.45, 2.75) is 32.2 Å². The Morgan fingerprint density at radius 1 is 1.21 bits per heavy atom. The van der Waals surface area contributed by atoms with Crippen LogP contribution in [-0.4, -0.2) is 17.8 Å². The first-order valence-corrected chi connectivity index (χ1v) is 7.41. The summed E-state index contributed by atoms with van der Waals surface area (Å²) in [5.74, 6) is 2.42. The number of hydrogen-bond acceptors (Lipinski definition) is 2. The largest absolute Gasteiger partial charge is 0.396 e. The molecule has 1 aromatic carbocycles. The molecule has 3 rings (SSSR count). The molecule has 2 aliphatic rings. The SMILES string of the molecule is CC(Nc1ccc(CCO)cc1)C1CC2C=CC1C2. The predicted octanol–water partition coefficient (Wildman–Crippen LogP) is 3.23. The number of benzene rings is 1. The van der Waals surface area contributed by atoms with E-state index in [-0.39, 0.29) is 6.61 Å². The van der Waals surface area contributed by atoms with E-state index in [0.29, 0.717) is 6.04 Å². The number of nitrogens with one attached hydrogen (secondary N) is 1. The second-order valence-electron chi connectivity index (χ2n) is 6.05. The van der Waals surface area contributed by atoms with Crippen molar-refractivity contribution in [1.29, 1.82) is 0 Å². The van der Waals surface area contributed by atoms with E-state index < -0.39 is 0 Å². The highest BCUT2D eigenvalue weighted by atomic mass is 16.2. The van der Waals surface area contributed by atoms with Crippen LogP contribution in [0.1, 0.15) is 25.3 Å². The van der Waals surface area contributed by atoms with Gasteiger partial charge in [0.25, 0.3) is 0 Å². The first-order valence-electron chi connectivity index (χ1n) is 7.41. The lowest BCUT2D eigenvalue weighted by atomic mass is 9.87. The highest BCUT2D eigenvalue weighted by molar-refractivity contribution is 5.45. The van der Waals surface area contributed by atoms with E-state index in [4.69, 9.17) is 5.11 Å². The minimum absolute atomic E-state index is 0.223.